The Morgan fingerprint density at radius 1 is 1.70 bits per heavy atom. The molecular formula is C6H14N2O2. The first-order valence-corrected chi connectivity index (χ1v) is 3.19. The monoisotopic (exact) mass is 146 g/mol. The van der Waals surface area contributed by atoms with Gasteiger partial charge in [0.2, 0.25) is 5.91 Å². The van der Waals surface area contributed by atoms with E-state index in [1.807, 2.05) is 0 Å². The molecule has 0 aliphatic heterocycles. The molecule has 0 aliphatic carbocycles. The lowest BCUT2D eigenvalue weighted by Gasteiger charge is -2.06. The van der Waals surface area contributed by atoms with Crippen molar-refractivity contribution in [2.24, 2.45) is 11.5 Å². The molecule has 0 saturated heterocycles. The molecule has 1 amide bonds. The van der Waals surface area contributed by atoms with Crippen molar-refractivity contribution in [1.82, 2.24) is 0 Å². The van der Waals surface area contributed by atoms with Crippen molar-refractivity contribution in [2.75, 3.05) is 13.7 Å². The summed E-state index contributed by atoms with van der Waals surface area (Å²) in [6, 6.07) is -0.155. The Morgan fingerprint density at radius 3 is 2.70 bits per heavy atom. The van der Waals surface area contributed by atoms with Crippen LogP contribution in [0.5, 0.6) is 0 Å². The van der Waals surface area contributed by atoms with Gasteiger partial charge in [0, 0.05) is 26.2 Å². The van der Waals surface area contributed by atoms with Crippen LogP contribution in [-0.2, 0) is 9.53 Å². The Kier molecular flexibility index (Phi) is 4.88. The Morgan fingerprint density at radius 2 is 2.30 bits per heavy atom. The van der Waals surface area contributed by atoms with Gasteiger partial charge in [-0.15, -0.1) is 0 Å². The summed E-state index contributed by atoms with van der Waals surface area (Å²) in [6.07, 6.45) is 0.919. The quantitative estimate of drug-likeness (QED) is 0.534. The zero-order valence-electron chi connectivity index (χ0n) is 6.17. The molecule has 0 rings (SSSR count). The summed E-state index contributed by atoms with van der Waals surface area (Å²) in [7, 11) is 1.59. The second kappa shape index (κ2) is 5.20. The number of hydrogen-bond acceptors (Lipinski definition) is 3. The molecule has 0 heterocycles. The molecule has 0 spiro atoms. The van der Waals surface area contributed by atoms with E-state index in [-0.39, 0.29) is 18.4 Å². The van der Waals surface area contributed by atoms with Crippen LogP contribution in [0, 0.1) is 0 Å². The van der Waals surface area contributed by atoms with Gasteiger partial charge in [-0.1, -0.05) is 0 Å². The van der Waals surface area contributed by atoms with Crippen LogP contribution in [0.25, 0.3) is 0 Å². The van der Waals surface area contributed by atoms with Crippen molar-refractivity contribution in [2.45, 2.75) is 18.9 Å². The van der Waals surface area contributed by atoms with E-state index in [1.165, 1.54) is 0 Å². The number of nitrogens with two attached hydrogens (primary N) is 2. The summed E-state index contributed by atoms with van der Waals surface area (Å²) in [5.41, 5.74) is 10.4. The zero-order valence-corrected chi connectivity index (χ0v) is 6.17. The van der Waals surface area contributed by atoms with Gasteiger partial charge in [-0.25, -0.2) is 0 Å². The van der Waals surface area contributed by atoms with Crippen LogP contribution >= 0.6 is 0 Å². The standard InChI is InChI=1S/C6H14N2O2/c1-10-3-2-5(7)4-6(8)9/h5H,2-4,7H2,1H3,(H2,8,9). The topological polar surface area (TPSA) is 78.3 Å². The molecule has 4 N–H and O–H groups in total. The third kappa shape index (κ3) is 5.53. The second-order valence-electron chi connectivity index (χ2n) is 2.21. The third-order valence-electron chi connectivity index (χ3n) is 1.16. The fourth-order valence-corrected chi connectivity index (χ4v) is 0.630. The second-order valence-corrected chi connectivity index (χ2v) is 2.21. The van der Waals surface area contributed by atoms with E-state index < -0.39 is 0 Å². The minimum Gasteiger partial charge on any atom is -0.385 e. The highest BCUT2D eigenvalue weighted by atomic mass is 16.5. The number of amides is 1. The van der Waals surface area contributed by atoms with Crippen LogP contribution < -0.4 is 11.5 Å². The van der Waals surface area contributed by atoms with Gasteiger partial charge in [0.15, 0.2) is 0 Å². The fourth-order valence-electron chi connectivity index (χ4n) is 0.630. The first kappa shape index (κ1) is 9.39. The molecule has 1 atom stereocenters. The molecule has 0 aromatic rings. The van der Waals surface area contributed by atoms with E-state index in [2.05, 4.69) is 0 Å². The van der Waals surface area contributed by atoms with Crippen molar-refractivity contribution in [3.8, 4) is 0 Å². The summed E-state index contributed by atoms with van der Waals surface area (Å²) in [5, 5.41) is 0. The van der Waals surface area contributed by atoms with Crippen molar-refractivity contribution < 1.29 is 9.53 Å². The van der Waals surface area contributed by atoms with Crippen LogP contribution in [-0.4, -0.2) is 25.7 Å². The van der Waals surface area contributed by atoms with Crippen molar-refractivity contribution in [3.05, 3.63) is 0 Å². The molecule has 0 saturated carbocycles. The smallest absolute Gasteiger partial charge is 0.218 e. The average molecular weight is 146 g/mol. The van der Waals surface area contributed by atoms with Crippen molar-refractivity contribution >= 4 is 5.91 Å². The Labute approximate surface area is 60.5 Å². The number of rotatable bonds is 5. The van der Waals surface area contributed by atoms with Gasteiger partial charge in [0.05, 0.1) is 0 Å². The number of hydrogen-bond donors (Lipinski definition) is 2. The van der Waals surface area contributed by atoms with Crippen LogP contribution in [0.4, 0.5) is 0 Å². The SMILES string of the molecule is COCCC(N)CC(N)=O. The molecule has 0 aliphatic rings. The molecule has 4 nitrogen and oxygen atoms in total. The maximum Gasteiger partial charge on any atom is 0.218 e. The van der Waals surface area contributed by atoms with Crippen molar-refractivity contribution in [3.63, 3.8) is 0 Å². The summed E-state index contributed by atoms with van der Waals surface area (Å²) in [6.45, 7) is 0.578. The number of primary amides is 1. The van der Waals surface area contributed by atoms with Crippen LogP contribution in [0.2, 0.25) is 0 Å². The van der Waals surface area contributed by atoms with Gasteiger partial charge in [-0.05, 0) is 6.42 Å². The Hall–Kier alpha value is -0.610. The molecule has 0 aromatic carbocycles. The normalized spacial score (nSPS) is 13.0. The zero-order chi connectivity index (χ0) is 7.98. The van der Waals surface area contributed by atoms with Crippen LogP contribution in [0.15, 0.2) is 0 Å². The molecule has 0 fully saturated rings. The largest absolute Gasteiger partial charge is 0.385 e. The van der Waals surface area contributed by atoms with E-state index >= 15 is 0 Å². The maximum atomic E-state index is 10.3. The molecule has 0 aromatic heterocycles. The first-order chi connectivity index (χ1) is 4.66. The van der Waals surface area contributed by atoms with Gasteiger partial charge in [0.1, 0.15) is 0 Å². The molecule has 4 heteroatoms. The minimum absolute atomic E-state index is 0.155. The molecule has 10 heavy (non-hydrogen) atoms. The highest BCUT2D eigenvalue weighted by Crippen LogP contribution is 1.92. The maximum absolute atomic E-state index is 10.3. The predicted molar refractivity (Wildman–Crippen MR) is 38.3 cm³/mol. The van der Waals surface area contributed by atoms with E-state index in [4.69, 9.17) is 16.2 Å². The number of carbonyl (C=O) groups excluding carboxylic acids is 1. The highest BCUT2D eigenvalue weighted by Gasteiger charge is 2.04. The highest BCUT2D eigenvalue weighted by molar-refractivity contribution is 5.74. The predicted octanol–water partition coefficient (Wildman–Crippen LogP) is -0.774. The molecule has 1 unspecified atom stereocenters. The van der Waals surface area contributed by atoms with E-state index in [0.717, 1.165) is 0 Å². The van der Waals surface area contributed by atoms with E-state index in [9.17, 15) is 4.79 Å². The summed E-state index contributed by atoms with van der Waals surface area (Å²) in [4.78, 5) is 10.3. The minimum atomic E-state index is -0.358. The first-order valence-electron chi connectivity index (χ1n) is 3.19. The molecule has 0 radical (unpaired) electrons. The molecule has 60 valence electrons. The van der Waals surface area contributed by atoms with Gasteiger partial charge in [0.25, 0.3) is 0 Å². The summed E-state index contributed by atoms with van der Waals surface area (Å²) in [5.74, 6) is -0.358. The number of carbonyl (C=O) groups is 1. The van der Waals surface area contributed by atoms with Gasteiger partial charge >= 0.3 is 0 Å². The average Bonchev–Trinajstić information content (AvgIpc) is 1.82. The van der Waals surface area contributed by atoms with Crippen LogP contribution in [0.3, 0.4) is 0 Å². The van der Waals surface area contributed by atoms with Gasteiger partial charge in [-0.3, -0.25) is 4.79 Å². The van der Waals surface area contributed by atoms with Gasteiger partial charge in [-0.2, -0.15) is 0 Å². The van der Waals surface area contributed by atoms with Crippen molar-refractivity contribution in [1.29, 1.82) is 0 Å². The van der Waals surface area contributed by atoms with E-state index in [1.54, 1.807) is 7.11 Å². The lowest BCUT2D eigenvalue weighted by atomic mass is 10.1. The van der Waals surface area contributed by atoms with Crippen LogP contribution in [0.1, 0.15) is 12.8 Å². The third-order valence-corrected chi connectivity index (χ3v) is 1.16. The number of ether oxygens (including phenoxy) is 1. The summed E-state index contributed by atoms with van der Waals surface area (Å²) < 4.78 is 4.76. The lowest BCUT2D eigenvalue weighted by Crippen LogP contribution is -2.28. The Balaban J connectivity index is 3.25. The van der Waals surface area contributed by atoms with E-state index in [0.29, 0.717) is 13.0 Å². The van der Waals surface area contributed by atoms with Gasteiger partial charge < -0.3 is 16.2 Å². The molecule has 0 bridgehead atoms. The summed E-state index contributed by atoms with van der Waals surface area (Å²) >= 11 is 0. The molecular weight excluding hydrogens is 132 g/mol. The Bertz CT molecular complexity index is 106. The number of methoxy groups -OCH3 is 1. The fraction of sp³-hybridized carbons (Fsp3) is 0.833. The lowest BCUT2D eigenvalue weighted by molar-refractivity contribution is -0.118.